The summed E-state index contributed by atoms with van der Waals surface area (Å²) in [7, 11) is 1.89. The molecule has 0 unspecified atom stereocenters. The summed E-state index contributed by atoms with van der Waals surface area (Å²) in [6.45, 7) is 0.795. The molecule has 1 aromatic carbocycles. The molecule has 0 radical (unpaired) electrons. The molecule has 0 bridgehead atoms. The summed E-state index contributed by atoms with van der Waals surface area (Å²) in [4.78, 5) is 12.1. The maximum atomic E-state index is 12.1. The zero-order chi connectivity index (χ0) is 17.6. The van der Waals surface area contributed by atoms with E-state index in [1.54, 1.807) is 0 Å². The number of halogens is 1. The molecule has 2 aromatic rings. The maximum Gasteiger partial charge on any atom is 0.230 e. The number of carbonyl (C=O) groups is 1. The molecule has 0 saturated heterocycles. The molecule has 5 nitrogen and oxygen atoms in total. The number of rotatable bonds is 6. The van der Waals surface area contributed by atoms with Gasteiger partial charge in [0, 0.05) is 19.2 Å². The molecule has 1 saturated carbocycles. The zero-order valence-electron chi connectivity index (χ0n) is 14.4. The Hall–Kier alpha value is -1.53. The summed E-state index contributed by atoms with van der Waals surface area (Å²) in [5, 5.41) is 12.8. The topological polar surface area (TPSA) is 59.8 Å². The first kappa shape index (κ1) is 18.3. The Morgan fingerprint density at radius 2 is 2.04 bits per heavy atom. The van der Waals surface area contributed by atoms with Gasteiger partial charge in [0.25, 0.3) is 0 Å². The fourth-order valence-electron chi connectivity index (χ4n) is 3.15. The largest absolute Gasteiger partial charge is 0.355 e. The summed E-state index contributed by atoms with van der Waals surface area (Å²) < 4.78 is 1.88. The van der Waals surface area contributed by atoms with Crippen LogP contribution in [0, 0.1) is 5.92 Å². The van der Waals surface area contributed by atoms with E-state index in [2.05, 4.69) is 15.5 Å². The summed E-state index contributed by atoms with van der Waals surface area (Å²) in [6, 6.07) is 7.55. The normalized spacial score (nSPS) is 15.3. The van der Waals surface area contributed by atoms with Gasteiger partial charge in [0.1, 0.15) is 0 Å². The minimum Gasteiger partial charge on any atom is -0.355 e. The molecule has 1 amide bonds. The monoisotopic (exact) mass is 378 g/mol. The van der Waals surface area contributed by atoms with Crippen LogP contribution < -0.4 is 5.32 Å². The van der Waals surface area contributed by atoms with Crippen LogP contribution in [0.3, 0.4) is 0 Å². The molecule has 1 heterocycles. The van der Waals surface area contributed by atoms with Crippen LogP contribution in [-0.4, -0.2) is 33.0 Å². The standard InChI is InChI=1S/C18H23ClN4OS/c1-23-17(14-9-5-6-10-15(14)19)21-22-18(23)25-12-16(24)20-11-13-7-3-2-4-8-13/h5-6,9-10,13H,2-4,7-8,11-12H2,1H3,(H,20,24). The van der Waals surface area contributed by atoms with Crippen molar-refractivity contribution in [2.45, 2.75) is 37.3 Å². The molecular formula is C18H23ClN4OS. The van der Waals surface area contributed by atoms with E-state index in [1.807, 2.05) is 35.9 Å². The third-order valence-electron chi connectivity index (χ3n) is 4.59. The molecule has 1 N–H and O–H groups in total. The van der Waals surface area contributed by atoms with Crippen molar-refractivity contribution in [2.24, 2.45) is 13.0 Å². The molecule has 0 spiro atoms. The smallest absolute Gasteiger partial charge is 0.230 e. The highest BCUT2D eigenvalue weighted by Crippen LogP contribution is 2.28. The summed E-state index contributed by atoms with van der Waals surface area (Å²) in [5.74, 6) is 1.75. The van der Waals surface area contributed by atoms with E-state index < -0.39 is 0 Å². The van der Waals surface area contributed by atoms with E-state index in [0.29, 0.717) is 27.7 Å². The van der Waals surface area contributed by atoms with Crippen LogP contribution in [0.5, 0.6) is 0 Å². The van der Waals surface area contributed by atoms with E-state index >= 15 is 0 Å². The summed E-state index contributed by atoms with van der Waals surface area (Å²) in [5.41, 5.74) is 0.841. The van der Waals surface area contributed by atoms with E-state index in [-0.39, 0.29) is 5.91 Å². The lowest BCUT2D eigenvalue weighted by atomic mass is 9.89. The Balaban J connectivity index is 1.53. The van der Waals surface area contributed by atoms with Crippen LogP contribution >= 0.6 is 23.4 Å². The predicted octanol–water partition coefficient (Wildman–Crippen LogP) is 3.92. The van der Waals surface area contributed by atoms with Crippen molar-refractivity contribution < 1.29 is 4.79 Å². The van der Waals surface area contributed by atoms with Gasteiger partial charge < -0.3 is 9.88 Å². The molecule has 1 aromatic heterocycles. The lowest BCUT2D eigenvalue weighted by Gasteiger charge is -2.21. The second-order valence-corrected chi connectivity index (χ2v) is 7.79. The van der Waals surface area contributed by atoms with Crippen molar-refractivity contribution in [3.63, 3.8) is 0 Å². The van der Waals surface area contributed by atoms with Gasteiger partial charge in [-0.05, 0) is 30.9 Å². The number of aromatic nitrogens is 3. The highest BCUT2D eigenvalue weighted by atomic mass is 35.5. The Morgan fingerprint density at radius 3 is 2.80 bits per heavy atom. The molecule has 0 aliphatic heterocycles. The first-order valence-corrected chi connectivity index (χ1v) is 10.1. The Labute approximate surface area is 157 Å². The van der Waals surface area contributed by atoms with E-state index in [4.69, 9.17) is 11.6 Å². The van der Waals surface area contributed by atoms with Gasteiger partial charge >= 0.3 is 0 Å². The number of thioether (sulfide) groups is 1. The van der Waals surface area contributed by atoms with Crippen LogP contribution in [0.2, 0.25) is 5.02 Å². The molecule has 25 heavy (non-hydrogen) atoms. The summed E-state index contributed by atoms with van der Waals surface area (Å²) >= 11 is 7.63. The van der Waals surface area contributed by atoms with Crippen LogP contribution in [-0.2, 0) is 11.8 Å². The number of benzene rings is 1. The van der Waals surface area contributed by atoms with Crippen molar-refractivity contribution in [1.29, 1.82) is 0 Å². The molecule has 0 atom stereocenters. The van der Waals surface area contributed by atoms with Crippen molar-refractivity contribution in [3.05, 3.63) is 29.3 Å². The van der Waals surface area contributed by atoms with Gasteiger partial charge in [-0.15, -0.1) is 10.2 Å². The van der Waals surface area contributed by atoms with Crippen molar-refractivity contribution in [2.75, 3.05) is 12.3 Å². The molecule has 7 heteroatoms. The van der Waals surface area contributed by atoms with Gasteiger partial charge in [-0.2, -0.15) is 0 Å². The number of nitrogens with one attached hydrogen (secondary N) is 1. The highest BCUT2D eigenvalue weighted by molar-refractivity contribution is 7.99. The second-order valence-electron chi connectivity index (χ2n) is 6.44. The first-order valence-electron chi connectivity index (χ1n) is 8.69. The van der Waals surface area contributed by atoms with Gasteiger partial charge in [-0.25, -0.2) is 0 Å². The third kappa shape index (κ3) is 4.76. The number of hydrogen-bond acceptors (Lipinski definition) is 4. The maximum absolute atomic E-state index is 12.1. The lowest BCUT2D eigenvalue weighted by molar-refractivity contribution is -0.118. The van der Waals surface area contributed by atoms with Gasteiger partial charge in [-0.3, -0.25) is 4.79 Å². The minimum atomic E-state index is 0.0536. The van der Waals surface area contributed by atoms with E-state index in [1.165, 1.54) is 43.9 Å². The predicted molar refractivity (Wildman–Crippen MR) is 102 cm³/mol. The van der Waals surface area contributed by atoms with Crippen LogP contribution in [0.4, 0.5) is 0 Å². The highest BCUT2D eigenvalue weighted by Gasteiger charge is 2.16. The average Bonchev–Trinajstić information content (AvgIpc) is 3.00. The molecular weight excluding hydrogens is 356 g/mol. The Kier molecular flexibility index (Phi) is 6.37. The SMILES string of the molecule is Cn1c(SCC(=O)NCC2CCCCC2)nnc1-c1ccccc1Cl. The van der Waals surface area contributed by atoms with Gasteiger partial charge in [0.2, 0.25) is 5.91 Å². The fourth-order valence-corrected chi connectivity index (χ4v) is 4.11. The average molecular weight is 379 g/mol. The molecule has 1 fully saturated rings. The Morgan fingerprint density at radius 1 is 1.28 bits per heavy atom. The van der Waals surface area contributed by atoms with Crippen LogP contribution in [0.25, 0.3) is 11.4 Å². The summed E-state index contributed by atoms with van der Waals surface area (Å²) in [6.07, 6.45) is 6.38. The van der Waals surface area contributed by atoms with Crippen LogP contribution in [0.1, 0.15) is 32.1 Å². The van der Waals surface area contributed by atoms with Crippen molar-refractivity contribution in [1.82, 2.24) is 20.1 Å². The van der Waals surface area contributed by atoms with Gasteiger partial charge in [-0.1, -0.05) is 54.8 Å². The quantitative estimate of drug-likeness (QED) is 0.774. The molecule has 1 aliphatic rings. The first-order chi connectivity index (χ1) is 12.1. The minimum absolute atomic E-state index is 0.0536. The third-order valence-corrected chi connectivity index (χ3v) is 5.94. The van der Waals surface area contributed by atoms with Crippen molar-refractivity contribution in [3.8, 4) is 11.4 Å². The number of nitrogens with zero attached hydrogens (tertiary/aromatic N) is 3. The molecule has 1 aliphatic carbocycles. The fraction of sp³-hybridized carbons (Fsp3) is 0.500. The molecule has 134 valence electrons. The second kappa shape index (κ2) is 8.72. The van der Waals surface area contributed by atoms with Crippen LogP contribution in [0.15, 0.2) is 29.4 Å². The number of hydrogen-bond donors (Lipinski definition) is 1. The lowest BCUT2D eigenvalue weighted by Crippen LogP contribution is -2.31. The number of carbonyl (C=O) groups excluding carboxylic acids is 1. The number of amides is 1. The van der Waals surface area contributed by atoms with Gasteiger partial charge in [0.15, 0.2) is 11.0 Å². The van der Waals surface area contributed by atoms with E-state index in [9.17, 15) is 4.79 Å². The Bertz CT molecular complexity index is 728. The van der Waals surface area contributed by atoms with Gasteiger partial charge in [0.05, 0.1) is 10.8 Å². The van der Waals surface area contributed by atoms with E-state index in [0.717, 1.165) is 12.1 Å². The molecule has 3 rings (SSSR count). The zero-order valence-corrected chi connectivity index (χ0v) is 15.9. The van der Waals surface area contributed by atoms with Crippen molar-refractivity contribution >= 4 is 29.3 Å².